The van der Waals surface area contributed by atoms with Gasteiger partial charge >= 0.3 is 12.0 Å². The number of aromatic amines is 1. The maximum absolute atomic E-state index is 11.4. The molecule has 1 aromatic heterocycles. The molecule has 7 nitrogen and oxygen atoms in total. The van der Waals surface area contributed by atoms with Crippen molar-refractivity contribution in [2.24, 2.45) is 5.41 Å². The number of amides is 2. The molecule has 0 bridgehead atoms. The number of aliphatic carboxylic acids is 1. The molecule has 1 unspecified atom stereocenters. The molecule has 1 heterocycles. The van der Waals surface area contributed by atoms with Crippen molar-refractivity contribution in [2.45, 2.75) is 20.3 Å². The van der Waals surface area contributed by atoms with E-state index in [9.17, 15) is 9.59 Å². The molecule has 0 saturated heterocycles. The summed E-state index contributed by atoms with van der Waals surface area (Å²) in [5.41, 5.74) is -0.427. The lowest BCUT2D eigenvalue weighted by Gasteiger charge is -2.23. The largest absolute Gasteiger partial charge is 0.481 e. The number of aromatic nitrogens is 2. The average molecular weight is 240 g/mol. The molecule has 0 spiro atoms. The number of carbonyl (C=O) groups excluding carboxylic acids is 1. The number of carboxylic acid groups (broad SMARTS) is 1. The van der Waals surface area contributed by atoms with Gasteiger partial charge in [0.1, 0.15) is 0 Å². The van der Waals surface area contributed by atoms with Gasteiger partial charge in [0, 0.05) is 12.7 Å². The maximum Gasteiger partial charge on any atom is 0.319 e. The van der Waals surface area contributed by atoms with Crippen LogP contribution in [0.2, 0.25) is 0 Å². The second-order valence-electron chi connectivity index (χ2n) is 4.01. The van der Waals surface area contributed by atoms with Gasteiger partial charge in [-0.3, -0.25) is 9.89 Å². The number of nitrogens with zero attached hydrogens (tertiary/aromatic N) is 1. The molecule has 0 radical (unpaired) electrons. The Kier molecular flexibility index (Phi) is 4.08. The Morgan fingerprint density at radius 3 is 2.76 bits per heavy atom. The van der Waals surface area contributed by atoms with Crippen molar-refractivity contribution in [3.63, 3.8) is 0 Å². The van der Waals surface area contributed by atoms with Crippen LogP contribution in [0.3, 0.4) is 0 Å². The molecule has 0 saturated carbocycles. The topological polar surface area (TPSA) is 107 Å². The number of rotatable bonds is 5. The minimum Gasteiger partial charge on any atom is -0.481 e. The molecule has 94 valence electrons. The summed E-state index contributed by atoms with van der Waals surface area (Å²) < 4.78 is 0. The fourth-order valence-corrected chi connectivity index (χ4v) is 1.12. The number of nitrogens with one attached hydrogen (secondary N) is 3. The highest BCUT2D eigenvalue weighted by molar-refractivity contribution is 5.89. The van der Waals surface area contributed by atoms with E-state index in [-0.39, 0.29) is 6.54 Å². The highest BCUT2D eigenvalue weighted by Crippen LogP contribution is 2.19. The number of carboxylic acids is 1. The summed E-state index contributed by atoms with van der Waals surface area (Å²) in [7, 11) is 0. The van der Waals surface area contributed by atoms with Gasteiger partial charge in [-0.1, -0.05) is 6.92 Å². The molecule has 0 aromatic carbocycles. The van der Waals surface area contributed by atoms with Gasteiger partial charge < -0.3 is 15.7 Å². The van der Waals surface area contributed by atoms with Gasteiger partial charge in [0.05, 0.1) is 17.3 Å². The molecule has 0 aliphatic rings. The Bertz CT molecular complexity index is 390. The highest BCUT2D eigenvalue weighted by atomic mass is 16.4. The predicted molar refractivity (Wildman–Crippen MR) is 61.6 cm³/mol. The monoisotopic (exact) mass is 240 g/mol. The van der Waals surface area contributed by atoms with E-state index < -0.39 is 17.4 Å². The van der Waals surface area contributed by atoms with Crippen LogP contribution in [0.4, 0.5) is 10.5 Å². The van der Waals surface area contributed by atoms with Crippen molar-refractivity contribution in [2.75, 3.05) is 11.9 Å². The van der Waals surface area contributed by atoms with E-state index in [2.05, 4.69) is 20.8 Å². The van der Waals surface area contributed by atoms with E-state index in [4.69, 9.17) is 5.11 Å². The second kappa shape index (κ2) is 5.33. The molecule has 0 fully saturated rings. The number of urea groups is 1. The van der Waals surface area contributed by atoms with Crippen LogP contribution in [0.25, 0.3) is 0 Å². The second-order valence-corrected chi connectivity index (χ2v) is 4.01. The van der Waals surface area contributed by atoms with Crippen LogP contribution in [0, 0.1) is 5.41 Å². The lowest BCUT2D eigenvalue weighted by molar-refractivity contribution is -0.147. The van der Waals surface area contributed by atoms with Crippen LogP contribution in [0.15, 0.2) is 12.4 Å². The van der Waals surface area contributed by atoms with E-state index in [0.717, 1.165) is 0 Å². The van der Waals surface area contributed by atoms with Gasteiger partial charge in [0.25, 0.3) is 0 Å². The predicted octanol–water partition coefficient (Wildman–Crippen LogP) is 1.03. The Morgan fingerprint density at radius 1 is 1.59 bits per heavy atom. The third-order valence-corrected chi connectivity index (χ3v) is 2.69. The molecule has 1 rings (SSSR count). The quantitative estimate of drug-likeness (QED) is 0.616. The van der Waals surface area contributed by atoms with E-state index >= 15 is 0 Å². The van der Waals surface area contributed by atoms with Crippen molar-refractivity contribution in [3.8, 4) is 0 Å². The summed E-state index contributed by atoms with van der Waals surface area (Å²) in [5, 5.41) is 20.3. The normalized spacial score (nSPS) is 13.8. The van der Waals surface area contributed by atoms with E-state index in [0.29, 0.717) is 12.1 Å². The van der Waals surface area contributed by atoms with Crippen molar-refractivity contribution in [1.82, 2.24) is 15.5 Å². The number of hydrogen-bond acceptors (Lipinski definition) is 3. The van der Waals surface area contributed by atoms with E-state index in [1.165, 1.54) is 12.4 Å². The van der Waals surface area contributed by atoms with Gasteiger partial charge in [0.15, 0.2) is 0 Å². The van der Waals surface area contributed by atoms with E-state index in [1.54, 1.807) is 13.8 Å². The van der Waals surface area contributed by atoms with E-state index in [1.807, 2.05) is 0 Å². The van der Waals surface area contributed by atoms with Crippen molar-refractivity contribution >= 4 is 17.7 Å². The number of hydrogen-bond donors (Lipinski definition) is 4. The summed E-state index contributed by atoms with van der Waals surface area (Å²) in [4.78, 5) is 22.4. The summed E-state index contributed by atoms with van der Waals surface area (Å²) >= 11 is 0. The summed E-state index contributed by atoms with van der Waals surface area (Å²) in [6, 6.07) is -0.452. The number of carbonyl (C=O) groups is 2. The van der Waals surface area contributed by atoms with Crippen LogP contribution in [0.1, 0.15) is 20.3 Å². The number of H-pyrrole nitrogens is 1. The average Bonchev–Trinajstić information content (AvgIpc) is 2.78. The smallest absolute Gasteiger partial charge is 0.319 e. The molecule has 1 atom stereocenters. The van der Waals surface area contributed by atoms with Crippen molar-refractivity contribution in [1.29, 1.82) is 0 Å². The molecule has 1 aromatic rings. The summed E-state index contributed by atoms with van der Waals surface area (Å²) in [6.45, 7) is 3.43. The van der Waals surface area contributed by atoms with Crippen LogP contribution in [-0.2, 0) is 4.79 Å². The van der Waals surface area contributed by atoms with Crippen LogP contribution >= 0.6 is 0 Å². The molecule has 0 aliphatic heterocycles. The maximum atomic E-state index is 11.4. The third-order valence-electron chi connectivity index (χ3n) is 2.69. The first-order valence-electron chi connectivity index (χ1n) is 5.25. The van der Waals surface area contributed by atoms with Gasteiger partial charge in [-0.25, -0.2) is 4.79 Å². The number of anilines is 1. The van der Waals surface area contributed by atoms with Gasteiger partial charge in [-0.05, 0) is 13.3 Å². The van der Waals surface area contributed by atoms with Crippen molar-refractivity contribution < 1.29 is 14.7 Å². The molecule has 7 heteroatoms. The Morgan fingerprint density at radius 2 is 2.29 bits per heavy atom. The van der Waals surface area contributed by atoms with Crippen LogP contribution in [-0.4, -0.2) is 33.8 Å². The Hall–Kier alpha value is -2.05. The molecule has 2 amide bonds. The zero-order valence-corrected chi connectivity index (χ0v) is 9.78. The van der Waals surface area contributed by atoms with Gasteiger partial charge in [-0.15, -0.1) is 0 Å². The van der Waals surface area contributed by atoms with Crippen LogP contribution < -0.4 is 10.6 Å². The zero-order chi connectivity index (χ0) is 12.9. The van der Waals surface area contributed by atoms with Crippen LogP contribution in [0.5, 0.6) is 0 Å². The molecular formula is C10H16N4O3. The lowest BCUT2D eigenvalue weighted by Crippen LogP contribution is -2.42. The Labute approximate surface area is 98.6 Å². The standard InChI is InChI=1S/C10H16N4O3/c1-3-10(2,8(15)16)6-11-9(17)14-7-4-12-13-5-7/h4-5H,3,6H2,1-2H3,(H,12,13)(H,15,16)(H2,11,14,17). The fourth-order valence-electron chi connectivity index (χ4n) is 1.12. The highest BCUT2D eigenvalue weighted by Gasteiger charge is 2.31. The third kappa shape index (κ3) is 3.47. The SMILES string of the molecule is CCC(C)(CNC(=O)Nc1cn[nH]c1)C(=O)O. The first-order valence-corrected chi connectivity index (χ1v) is 5.25. The molecular weight excluding hydrogens is 224 g/mol. The van der Waals surface area contributed by atoms with Gasteiger partial charge in [0.2, 0.25) is 0 Å². The Balaban J connectivity index is 2.45. The summed E-state index contributed by atoms with van der Waals surface area (Å²) in [6.07, 6.45) is 3.42. The molecule has 4 N–H and O–H groups in total. The zero-order valence-electron chi connectivity index (χ0n) is 9.78. The molecule has 0 aliphatic carbocycles. The first kappa shape index (κ1) is 13.0. The minimum absolute atomic E-state index is 0.0719. The fraction of sp³-hybridized carbons (Fsp3) is 0.500. The lowest BCUT2D eigenvalue weighted by atomic mass is 9.88. The summed E-state index contributed by atoms with van der Waals surface area (Å²) in [5.74, 6) is -0.927. The van der Waals surface area contributed by atoms with Gasteiger partial charge in [-0.2, -0.15) is 5.10 Å². The van der Waals surface area contributed by atoms with Crippen molar-refractivity contribution in [3.05, 3.63) is 12.4 Å². The first-order chi connectivity index (χ1) is 7.98. The molecule has 17 heavy (non-hydrogen) atoms. The minimum atomic E-state index is -0.951.